The van der Waals surface area contributed by atoms with Crippen LogP contribution in [0.25, 0.3) is 0 Å². The van der Waals surface area contributed by atoms with Crippen LogP contribution in [0.5, 0.6) is 0 Å². The van der Waals surface area contributed by atoms with Crippen LogP contribution in [0.4, 0.5) is 0 Å². The lowest BCUT2D eigenvalue weighted by Gasteiger charge is -2.25. The molecule has 1 saturated carbocycles. The highest BCUT2D eigenvalue weighted by atomic mass is 32.2. The standard InChI is InChI=1S/C12H22O3S/c1-10-5-3-6-11(9-10)12(13)7-4-8-16(2,14)15/h10-11H,3-9H2,1-2H3. The molecule has 94 valence electrons. The molecule has 0 saturated heterocycles. The summed E-state index contributed by atoms with van der Waals surface area (Å²) in [6.07, 6.45) is 6.52. The molecule has 3 nitrogen and oxygen atoms in total. The zero-order valence-corrected chi connectivity index (χ0v) is 11.1. The number of Topliss-reactive ketones (excluding diaryl/α,β-unsaturated/α-hetero) is 1. The van der Waals surface area contributed by atoms with Gasteiger partial charge in [0.05, 0.1) is 5.75 Å². The number of rotatable bonds is 5. The molecule has 0 heterocycles. The Morgan fingerprint density at radius 1 is 1.31 bits per heavy atom. The second-order valence-corrected chi connectivity index (χ2v) is 7.43. The van der Waals surface area contributed by atoms with Gasteiger partial charge < -0.3 is 0 Å². The molecule has 2 atom stereocenters. The molecule has 1 aliphatic rings. The first-order valence-corrected chi connectivity index (χ1v) is 8.15. The van der Waals surface area contributed by atoms with Crippen molar-refractivity contribution in [1.29, 1.82) is 0 Å². The maximum Gasteiger partial charge on any atom is 0.147 e. The van der Waals surface area contributed by atoms with Crippen molar-refractivity contribution in [3.8, 4) is 0 Å². The van der Waals surface area contributed by atoms with Gasteiger partial charge in [0.1, 0.15) is 15.6 Å². The van der Waals surface area contributed by atoms with E-state index in [0.29, 0.717) is 18.8 Å². The highest BCUT2D eigenvalue weighted by Gasteiger charge is 2.24. The average Bonchev–Trinajstić information content (AvgIpc) is 2.15. The molecular formula is C12H22O3S. The van der Waals surface area contributed by atoms with Crippen LogP contribution in [-0.4, -0.2) is 26.2 Å². The number of hydrogen-bond donors (Lipinski definition) is 0. The maximum atomic E-state index is 11.8. The van der Waals surface area contributed by atoms with E-state index in [2.05, 4.69) is 6.92 Å². The van der Waals surface area contributed by atoms with Crippen molar-refractivity contribution in [3.63, 3.8) is 0 Å². The average molecular weight is 246 g/mol. The molecule has 0 aromatic heterocycles. The Kier molecular flexibility index (Phi) is 4.96. The molecule has 0 radical (unpaired) electrons. The van der Waals surface area contributed by atoms with Crippen molar-refractivity contribution >= 4 is 15.6 Å². The van der Waals surface area contributed by atoms with Gasteiger partial charge >= 0.3 is 0 Å². The first kappa shape index (κ1) is 13.7. The van der Waals surface area contributed by atoms with Crippen LogP contribution < -0.4 is 0 Å². The van der Waals surface area contributed by atoms with E-state index in [1.165, 1.54) is 12.7 Å². The molecule has 0 aromatic rings. The van der Waals surface area contributed by atoms with Crippen LogP contribution in [0.15, 0.2) is 0 Å². The van der Waals surface area contributed by atoms with Crippen LogP contribution >= 0.6 is 0 Å². The minimum atomic E-state index is -2.91. The molecule has 0 spiro atoms. The lowest BCUT2D eigenvalue weighted by Crippen LogP contribution is -2.22. The number of ketones is 1. The van der Waals surface area contributed by atoms with Gasteiger partial charge in [-0.1, -0.05) is 19.8 Å². The number of hydrogen-bond acceptors (Lipinski definition) is 3. The number of carbonyl (C=O) groups is 1. The molecule has 16 heavy (non-hydrogen) atoms. The summed E-state index contributed by atoms with van der Waals surface area (Å²) >= 11 is 0. The molecule has 1 fully saturated rings. The fraction of sp³-hybridized carbons (Fsp3) is 0.917. The molecular weight excluding hydrogens is 224 g/mol. The van der Waals surface area contributed by atoms with Gasteiger partial charge in [-0.15, -0.1) is 0 Å². The summed E-state index contributed by atoms with van der Waals surface area (Å²) in [5.41, 5.74) is 0. The fourth-order valence-electron chi connectivity index (χ4n) is 2.44. The van der Waals surface area contributed by atoms with Gasteiger partial charge in [0.25, 0.3) is 0 Å². The summed E-state index contributed by atoms with van der Waals surface area (Å²) in [5.74, 6) is 1.26. The van der Waals surface area contributed by atoms with Crippen LogP contribution in [0, 0.1) is 11.8 Å². The minimum absolute atomic E-state index is 0.140. The highest BCUT2D eigenvalue weighted by molar-refractivity contribution is 7.90. The van der Waals surface area contributed by atoms with Gasteiger partial charge in [0, 0.05) is 18.6 Å². The van der Waals surface area contributed by atoms with Crippen LogP contribution in [0.2, 0.25) is 0 Å². The van der Waals surface area contributed by atoms with Gasteiger partial charge in [-0.25, -0.2) is 8.42 Å². The highest BCUT2D eigenvalue weighted by Crippen LogP contribution is 2.30. The Hall–Kier alpha value is -0.380. The molecule has 4 heteroatoms. The normalized spacial score (nSPS) is 26.6. The third-order valence-electron chi connectivity index (χ3n) is 3.33. The van der Waals surface area contributed by atoms with Crippen molar-refractivity contribution in [3.05, 3.63) is 0 Å². The molecule has 0 amide bonds. The third kappa shape index (κ3) is 5.10. The van der Waals surface area contributed by atoms with Crippen LogP contribution in [0.1, 0.15) is 45.4 Å². The molecule has 1 aliphatic carbocycles. The minimum Gasteiger partial charge on any atom is -0.299 e. The molecule has 1 rings (SSSR count). The summed E-state index contributed by atoms with van der Waals surface area (Å²) in [6, 6.07) is 0. The van der Waals surface area contributed by atoms with Crippen LogP contribution in [-0.2, 0) is 14.6 Å². The summed E-state index contributed by atoms with van der Waals surface area (Å²) in [7, 11) is -2.91. The van der Waals surface area contributed by atoms with Crippen molar-refractivity contribution in [2.45, 2.75) is 45.4 Å². The SMILES string of the molecule is CC1CCCC(C(=O)CCCS(C)(=O)=O)C1. The largest absolute Gasteiger partial charge is 0.299 e. The topological polar surface area (TPSA) is 51.2 Å². The first-order chi connectivity index (χ1) is 7.38. The predicted octanol–water partition coefficient (Wildman–Crippen LogP) is 2.21. The van der Waals surface area contributed by atoms with E-state index in [1.54, 1.807) is 0 Å². The van der Waals surface area contributed by atoms with E-state index in [0.717, 1.165) is 19.3 Å². The first-order valence-electron chi connectivity index (χ1n) is 6.09. The van der Waals surface area contributed by atoms with Crippen molar-refractivity contribution in [2.24, 2.45) is 11.8 Å². The van der Waals surface area contributed by atoms with E-state index >= 15 is 0 Å². The monoisotopic (exact) mass is 246 g/mol. The quantitative estimate of drug-likeness (QED) is 0.747. The Labute approximate surface area is 98.5 Å². The Bertz CT molecular complexity index is 332. The summed E-state index contributed by atoms with van der Waals surface area (Å²) in [5, 5.41) is 0. The summed E-state index contributed by atoms with van der Waals surface area (Å²) in [6.45, 7) is 2.19. The third-order valence-corrected chi connectivity index (χ3v) is 4.36. The predicted molar refractivity (Wildman–Crippen MR) is 65.1 cm³/mol. The second kappa shape index (κ2) is 5.80. The second-order valence-electron chi connectivity index (χ2n) is 5.17. The van der Waals surface area contributed by atoms with Gasteiger partial charge in [0.15, 0.2) is 0 Å². The van der Waals surface area contributed by atoms with E-state index in [-0.39, 0.29) is 17.5 Å². The van der Waals surface area contributed by atoms with E-state index in [1.807, 2.05) is 0 Å². The van der Waals surface area contributed by atoms with Crippen molar-refractivity contribution in [1.82, 2.24) is 0 Å². The number of carbonyl (C=O) groups excluding carboxylic acids is 1. The van der Waals surface area contributed by atoms with Gasteiger partial charge in [-0.3, -0.25) is 4.79 Å². The zero-order chi connectivity index (χ0) is 12.2. The van der Waals surface area contributed by atoms with E-state index in [9.17, 15) is 13.2 Å². The van der Waals surface area contributed by atoms with Crippen LogP contribution in [0.3, 0.4) is 0 Å². The Balaban J connectivity index is 2.29. The van der Waals surface area contributed by atoms with Gasteiger partial charge in [0.2, 0.25) is 0 Å². The Morgan fingerprint density at radius 3 is 2.56 bits per heavy atom. The maximum absolute atomic E-state index is 11.8. The lowest BCUT2D eigenvalue weighted by molar-refractivity contribution is -0.124. The van der Waals surface area contributed by atoms with Crippen molar-refractivity contribution in [2.75, 3.05) is 12.0 Å². The summed E-state index contributed by atoms with van der Waals surface area (Å²) < 4.78 is 21.9. The fourth-order valence-corrected chi connectivity index (χ4v) is 3.11. The van der Waals surface area contributed by atoms with E-state index < -0.39 is 9.84 Å². The molecule has 0 N–H and O–H groups in total. The number of sulfone groups is 1. The lowest BCUT2D eigenvalue weighted by atomic mass is 9.79. The van der Waals surface area contributed by atoms with Gasteiger partial charge in [-0.05, 0) is 25.2 Å². The zero-order valence-electron chi connectivity index (χ0n) is 10.2. The molecule has 0 bridgehead atoms. The molecule has 0 aliphatic heterocycles. The molecule has 2 unspecified atom stereocenters. The Morgan fingerprint density at radius 2 is 2.00 bits per heavy atom. The summed E-state index contributed by atoms with van der Waals surface area (Å²) in [4.78, 5) is 11.8. The molecule has 0 aromatic carbocycles. The smallest absolute Gasteiger partial charge is 0.147 e. The van der Waals surface area contributed by atoms with E-state index in [4.69, 9.17) is 0 Å². The van der Waals surface area contributed by atoms with Gasteiger partial charge in [-0.2, -0.15) is 0 Å². The van der Waals surface area contributed by atoms with Crippen molar-refractivity contribution < 1.29 is 13.2 Å².